The molecule has 0 saturated carbocycles. The third-order valence-corrected chi connectivity index (χ3v) is 5.65. The van der Waals surface area contributed by atoms with Gasteiger partial charge in [-0.15, -0.1) is 0 Å². The second-order valence-electron chi connectivity index (χ2n) is 7.44. The van der Waals surface area contributed by atoms with Crippen LogP contribution >= 0.6 is 0 Å². The fraction of sp³-hybridized carbons (Fsp3) is 0.400. The molecule has 2 bridgehead atoms. The van der Waals surface area contributed by atoms with Crippen LogP contribution in [-0.4, -0.2) is 40.5 Å². The van der Waals surface area contributed by atoms with Crippen LogP contribution < -0.4 is 10.3 Å². The predicted molar refractivity (Wildman–Crippen MR) is 101 cm³/mol. The van der Waals surface area contributed by atoms with E-state index in [1.54, 1.807) is 13.2 Å². The Hall–Kier alpha value is -3.16. The van der Waals surface area contributed by atoms with Crippen molar-refractivity contribution in [3.63, 3.8) is 0 Å². The Balaban J connectivity index is 1.52. The number of nitrogens with zero attached hydrogens (tertiary/aromatic N) is 3. The average molecular weight is 383 g/mol. The average Bonchev–Trinajstić information content (AvgIpc) is 2.69. The zero-order valence-electron chi connectivity index (χ0n) is 15.5. The number of aromatic nitrogens is 1. The lowest BCUT2D eigenvalue weighted by atomic mass is 9.83. The van der Waals surface area contributed by atoms with Gasteiger partial charge in [0.05, 0.1) is 18.5 Å². The number of nitro groups is 1. The molecular weight excluding hydrogens is 362 g/mol. The number of hydrogen-bond acceptors (Lipinski definition) is 5. The summed E-state index contributed by atoms with van der Waals surface area (Å²) in [6.45, 7) is 1.52. The van der Waals surface area contributed by atoms with Crippen LogP contribution in [0.3, 0.4) is 0 Å². The number of pyridine rings is 1. The van der Waals surface area contributed by atoms with Crippen LogP contribution in [0, 0.1) is 16.0 Å². The zero-order valence-corrected chi connectivity index (χ0v) is 15.5. The minimum absolute atomic E-state index is 0.0285. The van der Waals surface area contributed by atoms with Crippen LogP contribution in [0.15, 0.2) is 41.2 Å². The van der Waals surface area contributed by atoms with Gasteiger partial charge in [0.2, 0.25) is 5.91 Å². The van der Waals surface area contributed by atoms with E-state index in [2.05, 4.69) is 0 Å². The quantitative estimate of drug-likeness (QED) is 0.594. The zero-order chi connectivity index (χ0) is 19.8. The molecule has 2 aromatic rings. The molecule has 146 valence electrons. The number of rotatable bonds is 4. The topological polar surface area (TPSA) is 94.7 Å². The van der Waals surface area contributed by atoms with E-state index >= 15 is 0 Å². The van der Waals surface area contributed by atoms with Crippen LogP contribution in [0.4, 0.5) is 5.69 Å². The van der Waals surface area contributed by atoms with Crippen molar-refractivity contribution in [1.82, 2.24) is 9.47 Å². The van der Waals surface area contributed by atoms with E-state index in [0.717, 1.165) is 23.4 Å². The Kier molecular flexibility index (Phi) is 4.62. The van der Waals surface area contributed by atoms with Gasteiger partial charge in [-0.05, 0) is 36.1 Å². The summed E-state index contributed by atoms with van der Waals surface area (Å²) >= 11 is 0. The van der Waals surface area contributed by atoms with Crippen molar-refractivity contribution in [2.24, 2.45) is 5.92 Å². The minimum atomic E-state index is -0.634. The number of likely N-dealkylation sites (tertiary alicyclic amines) is 1. The second kappa shape index (κ2) is 7.10. The van der Waals surface area contributed by atoms with E-state index in [0.29, 0.717) is 26.1 Å². The summed E-state index contributed by atoms with van der Waals surface area (Å²) in [5.41, 5.74) is 0.772. The van der Waals surface area contributed by atoms with Crippen molar-refractivity contribution in [3.8, 4) is 5.75 Å². The molecule has 1 aromatic heterocycles. The summed E-state index contributed by atoms with van der Waals surface area (Å²) < 4.78 is 6.67. The number of fused-ring (bicyclic) bond motifs is 4. The smallest absolute Gasteiger partial charge is 0.334 e. The Morgan fingerprint density at radius 3 is 2.61 bits per heavy atom. The van der Waals surface area contributed by atoms with Crippen molar-refractivity contribution < 1.29 is 14.5 Å². The van der Waals surface area contributed by atoms with E-state index < -0.39 is 16.2 Å². The van der Waals surface area contributed by atoms with Crippen LogP contribution in [0.2, 0.25) is 0 Å². The van der Waals surface area contributed by atoms with Crippen molar-refractivity contribution in [1.29, 1.82) is 0 Å². The minimum Gasteiger partial charge on any atom is -0.497 e. The van der Waals surface area contributed by atoms with Crippen LogP contribution in [0.1, 0.15) is 23.6 Å². The summed E-state index contributed by atoms with van der Waals surface area (Å²) in [6.07, 6.45) is 1.21. The number of hydrogen-bond donors (Lipinski definition) is 0. The SMILES string of the molecule is COc1ccc(CC(=O)N2CC3CC(C2)c2ccc([N+](=O)[O-])c(=O)n2C3)cc1. The lowest BCUT2D eigenvalue weighted by Crippen LogP contribution is -2.49. The van der Waals surface area contributed by atoms with Gasteiger partial charge in [-0.25, -0.2) is 0 Å². The van der Waals surface area contributed by atoms with Crippen molar-refractivity contribution in [2.75, 3.05) is 20.2 Å². The van der Waals surface area contributed by atoms with Gasteiger partial charge in [-0.3, -0.25) is 19.7 Å². The highest BCUT2D eigenvalue weighted by Crippen LogP contribution is 2.35. The number of benzene rings is 1. The largest absolute Gasteiger partial charge is 0.497 e. The Morgan fingerprint density at radius 1 is 1.18 bits per heavy atom. The third kappa shape index (κ3) is 3.26. The lowest BCUT2D eigenvalue weighted by molar-refractivity contribution is -0.386. The maximum Gasteiger partial charge on any atom is 0.334 e. The summed E-state index contributed by atoms with van der Waals surface area (Å²) in [6, 6.07) is 10.4. The Bertz CT molecular complexity index is 982. The number of piperidine rings is 1. The number of carbonyl (C=O) groups is 1. The molecule has 1 amide bonds. The first-order valence-corrected chi connectivity index (χ1v) is 9.25. The lowest BCUT2D eigenvalue weighted by Gasteiger charge is -2.42. The third-order valence-electron chi connectivity index (χ3n) is 5.65. The van der Waals surface area contributed by atoms with Crippen molar-refractivity contribution >= 4 is 11.6 Å². The number of carbonyl (C=O) groups excluding carboxylic acids is 1. The molecule has 2 aliphatic rings. The van der Waals surface area contributed by atoms with E-state index in [1.165, 1.54) is 10.6 Å². The molecule has 1 saturated heterocycles. The summed E-state index contributed by atoms with van der Waals surface area (Å²) in [5, 5.41) is 11.0. The highest BCUT2D eigenvalue weighted by molar-refractivity contribution is 5.79. The number of amides is 1. The molecule has 0 aliphatic carbocycles. The molecule has 1 fully saturated rings. The van der Waals surface area contributed by atoms with Crippen molar-refractivity contribution in [2.45, 2.75) is 25.3 Å². The van der Waals surface area contributed by atoms with Gasteiger partial charge in [0.15, 0.2) is 0 Å². The number of ether oxygens (including phenoxy) is 1. The summed E-state index contributed by atoms with van der Waals surface area (Å²) in [4.78, 5) is 37.5. The Labute approximate surface area is 161 Å². The maximum atomic E-state index is 12.8. The molecule has 8 nitrogen and oxygen atoms in total. The fourth-order valence-corrected chi connectivity index (χ4v) is 4.31. The van der Waals surface area contributed by atoms with Crippen LogP contribution in [-0.2, 0) is 17.8 Å². The first-order valence-electron chi connectivity index (χ1n) is 9.25. The summed E-state index contributed by atoms with van der Waals surface area (Å²) in [5.74, 6) is 0.962. The van der Waals surface area contributed by atoms with Gasteiger partial charge in [0.25, 0.3) is 0 Å². The highest BCUT2D eigenvalue weighted by atomic mass is 16.6. The van der Waals surface area contributed by atoms with E-state index in [4.69, 9.17) is 4.74 Å². The van der Waals surface area contributed by atoms with E-state index in [1.807, 2.05) is 29.2 Å². The molecule has 2 unspecified atom stereocenters. The molecule has 0 spiro atoms. The van der Waals surface area contributed by atoms with Gasteiger partial charge >= 0.3 is 11.2 Å². The molecule has 28 heavy (non-hydrogen) atoms. The van der Waals surface area contributed by atoms with E-state index in [9.17, 15) is 19.7 Å². The molecule has 0 N–H and O–H groups in total. The molecule has 0 radical (unpaired) electrons. The van der Waals surface area contributed by atoms with Gasteiger partial charge < -0.3 is 14.2 Å². The Morgan fingerprint density at radius 2 is 1.93 bits per heavy atom. The number of methoxy groups -OCH3 is 1. The van der Waals surface area contributed by atoms with E-state index in [-0.39, 0.29) is 17.7 Å². The maximum absolute atomic E-state index is 12.8. The van der Waals surface area contributed by atoms with Gasteiger partial charge in [0.1, 0.15) is 5.75 Å². The molecular formula is C20H21N3O5. The van der Waals surface area contributed by atoms with Gasteiger partial charge in [-0.1, -0.05) is 12.1 Å². The van der Waals surface area contributed by atoms with Gasteiger partial charge in [0, 0.05) is 37.3 Å². The van der Waals surface area contributed by atoms with Crippen LogP contribution in [0.25, 0.3) is 0 Å². The fourth-order valence-electron chi connectivity index (χ4n) is 4.31. The van der Waals surface area contributed by atoms with Crippen LogP contribution in [0.5, 0.6) is 5.75 Å². The normalized spacial score (nSPS) is 20.4. The standard InChI is InChI=1S/C20H21N3O5/c1-28-16-4-2-13(3-5-16)9-19(24)21-10-14-8-15(12-21)17-6-7-18(23(26)27)20(25)22(17)11-14/h2-7,14-15H,8-12H2,1H3. The molecule has 4 rings (SSSR count). The second-order valence-corrected chi connectivity index (χ2v) is 7.44. The predicted octanol–water partition coefficient (Wildman–Crippen LogP) is 1.95. The van der Waals surface area contributed by atoms with Gasteiger partial charge in [-0.2, -0.15) is 0 Å². The molecule has 3 heterocycles. The first kappa shape index (κ1) is 18.2. The summed E-state index contributed by atoms with van der Waals surface area (Å²) in [7, 11) is 1.60. The first-order chi connectivity index (χ1) is 13.5. The monoisotopic (exact) mass is 383 g/mol. The molecule has 2 atom stereocenters. The molecule has 2 aliphatic heterocycles. The highest BCUT2D eigenvalue weighted by Gasteiger charge is 2.37. The molecule has 8 heteroatoms. The molecule has 1 aromatic carbocycles. The van der Waals surface area contributed by atoms with Crippen molar-refractivity contribution in [3.05, 3.63) is 68.1 Å².